The van der Waals surface area contributed by atoms with Gasteiger partial charge in [0.1, 0.15) is 5.92 Å². The number of carbonyl (C=O) groups excluding carboxylic acids is 2. The molecule has 5 N–H and O–H groups in total. The van der Waals surface area contributed by atoms with E-state index >= 15 is 0 Å². The molecule has 0 aliphatic heterocycles. The molecule has 0 saturated carbocycles. The maximum Gasteiger partial charge on any atom is 0.340 e. The number of amides is 1. The first-order valence-electron chi connectivity index (χ1n) is 9.36. The number of hydrogen-bond acceptors (Lipinski definition) is 7. The zero-order valence-corrected chi connectivity index (χ0v) is 19.4. The van der Waals surface area contributed by atoms with Gasteiger partial charge in [0, 0.05) is 22.7 Å². The first kappa shape index (κ1) is 25.1. The summed E-state index contributed by atoms with van der Waals surface area (Å²) >= 11 is 0.816. The van der Waals surface area contributed by atoms with E-state index in [4.69, 9.17) is 0 Å². The summed E-state index contributed by atoms with van der Waals surface area (Å²) in [5.41, 5.74) is 0.712. The van der Waals surface area contributed by atoms with Gasteiger partial charge in [0.25, 0.3) is 0 Å². The maximum atomic E-state index is 13.0. The molecular weight excluding hydrogens is 492 g/mol. The zero-order chi connectivity index (χ0) is 24.2. The highest BCUT2D eigenvalue weighted by molar-refractivity contribution is 7.70. The molecular formula is C19H19N3O8P2S. The van der Waals surface area contributed by atoms with E-state index in [-0.39, 0.29) is 10.7 Å². The molecule has 0 spiro atoms. The highest BCUT2D eigenvalue weighted by Gasteiger charge is 2.47. The van der Waals surface area contributed by atoms with Crippen LogP contribution in [-0.2, 0) is 13.9 Å². The highest BCUT2D eigenvalue weighted by Crippen LogP contribution is 2.62. The van der Waals surface area contributed by atoms with Crippen molar-refractivity contribution >= 4 is 43.5 Å². The molecule has 174 valence electrons. The van der Waals surface area contributed by atoms with Crippen molar-refractivity contribution in [2.45, 2.75) is 11.8 Å². The zero-order valence-electron chi connectivity index (χ0n) is 16.8. The Labute approximate surface area is 192 Å². The number of rotatable bonds is 9. The molecule has 0 bridgehead atoms. The number of benzene rings is 2. The first-order chi connectivity index (χ1) is 15.5. The van der Waals surface area contributed by atoms with Gasteiger partial charge in [0.2, 0.25) is 11.0 Å². The van der Waals surface area contributed by atoms with Crippen molar-refractivity contribution in [3.63, 3.8) is 0 Å². The molecule has 0 aliphatic carbocycles. The molecule has 1 aromatic heterocycles. The van der Waals surface area contributed by atoms with E-state index in [0.717, 1.165) is 11.5 Å². The van der Waals surface area contributed by atoms with Crippen molar-refractivity contribution in [2.24, 2.45) is 5.92 Å². The van der Waals surface area contributed by atoms with E-state index in [0.29, 0.717) is 11.4 Å². The molecule has 0 fully saturated rings. The molecule has 0 aliphatic rings. The first-order valence-corrected chi connectivity index (χ1v) is 13.5. The van der Waals surface area contributed by atoms with Crippen LogP contribution in [0.2, 0.25) is 0 Å². The summed E-state index contributed by atoms with van der Waals surface area (Å²) in [6.45, 7) is 0. The largest absolute Gasteiger partial charge is 0.340 e. The third kappa shape index (κ3) is 6.49. The highest BCUT2D eigenvalue weighted by atomic mass is 32.1. The minimum atomic E-state index is -5.36. The van der Waals surface area contributed by atoms with Crippen LogP contribution in [0.15, 0.2) is 60.7 Å². The van der Waals surface area contributed by atoms with Gasteiger partial charge >= 0.3 is 15.2 Å². The van der Waals surface area contributed by atoms with Crippen LogP contribution in [0.25, 0.3) is 11.4 Å². The van der Waals surface area contributed by atoms with Gasteiger partial charge in [0.15, 0.2) is 17.0 Å². The van der Waals surface area contributed by atoms with E-state index in [2.05, 4.69) is 14.7 Å². The van der Waals surface area contributed by atoms with Crippen LogP contribution in [0.3, 0.4) is 0 Å². The molecule has 11 nitrogen and oxygen atoms in total. The Hall–Kier alpha value is -2.56. The van der Waals surface area contributed by atoms with Crippen molar-refractivity contribution in [3.05, 3.63) is 66.2 Å². The summed E-state index contributed by atoms with van der Waals surface area (Å²) in [6, 6.07) is 16.3. The molecule has 1 heterocycles. The Balaban J connectivity index is 1.91. The Morgan fingerprint density at radius 2 is 1.45 bits per heavy atom. The lowest BCUT2D eigenvalue weighted by atomic mass is 9.94. The van der Waals surface area contributed by atoms with Crippen molar-refractivity contribution in [3.8, 4) is 11.4 Å². The van der Waals surface area contributed by atoms with Gasteiger partial charge in [0.05, 0.1) is 0 Å². The van der Waals surface area contributed by atoms with Crippen LogP contribution < -0.4 is 5.32 Å². The summed E-state index contributed by atoms with van der Waals surface area (Å²) in [5, 5.41) is -0.147. The third-order valence-electron chi connectivity index (χ3n) is 4.60. The Morgan fingerprint density at radius 1 is 0.909 bits per heavy atom. The number of nitrogens with one attached hydrogen (secondary N) is 1. The van der Waals surface area contributed by atoms with Crippen LogP contribution >= 0.6 is 26.7 Å². The van der Waals surface area contributed by atoms with Gasteiger partial charge < -0.3 is 24.9 Å². The van der Waals surface area contributed by atoms with Gasteiger partial charge in [-0.25, -0.2) is 0 Å². The minimum Gasteiger partial charge on any atom is -0.324 e. The number of carbonyl (C=O) groups is 2. The number of Topliss-reactive ketones (excluding diaryl/α,β-unsaturated/α-hetero) is 1. The molecule has 1 amide bonds. The maximum absolute atomic E-state index is 13.0. The van der Waals surface area contributed by atoms with Crippen LogP contribution in [-0.4, -0.2) is 46.0 Å². The Kier molecular flexibility index (Phi) is 7.71. The molecule has 1 atom stereocenters. The van der Waals surface area contributed by atoms with Crippen LogP contribution in [0.5, 0.6) is 0 Å². The van der Waals surface area contributed by atoms with Crippen molar-refractivity contribution in [1.82, 2.24) is 9.36 Å². The van der Waals surface area contributed by atoms with Gasteiger partial charge in [-0.3, -0.25) is 18.7 Å². The average Bonchev–Trinajstić information content (AvgIpc) is 3.21. The van der Waals surface area contributed by atoms with E-state index in [1.807, 2.05) is 0 Å². The second-order valence-corrected chi connectivity index (χ2v) is 11.7. The predicted octanol–water partition coefficient (Wildman–Crippen LogP) is 2.71. The van der Waals surface area contributed by atoms with Gasteiger partial charge in [-0.1, -0.05) is 60.7 Å². The van der Waals surface area contributed by atoms with Crippen molar-refractivity contribution < 1.29 is 38.3 Å². The summed E-state index contributed by atoms with van der Waals surface area (Å²) in [7, 11) is -10.7. The van der Waals surface area contributed by atoms with E-state index in [9.17, 15) is 38.3 Å². The molecule has 33 heavy (non-hydrogen) atoms. The van der Waals surface area contributed by atoms with Gasteiger partial charge in [-0.2, -0.15) is 9.36 Å². The second-order valence-electron chi connectivity index (χ2n) is 6.96. The quantitative estimate of drug-likeness (QED) is 0.162. The van der Waals surface area contributed by atoms with E-state index in [1.165, 1.54) is 24.3 Å². The number of hydrogen-bond donors (Lipinski definition) is 5. The summed E-state index contributed by atoms with van der Waals surface area (Å²) in [4.78, 5) is 68.0. The summed E-state index contributed by atoms with van der Waals surface area (Å²) in [5.74, 6) is -3.37. The third-order valence-corrected chi connectivity index (χ3v) is 9.01. The predicted molar refractivity (Wildman–Crippen MR) is 121 cm³/mol. The molecule has 1 unspecified atom stereocenters. The summed E-state index contributed by atoms with van der Waals surface area (Å²) < 4.78 is 27.6. The topological polar surface area (TPSA) is 187 Å². The average molecular weight is 511 g/mol. The fourth-order valence-corrected chi connectivity index (χ4v) is 6.12. The molecule has 14 heteroatoms. The van der Waals surface area contributed by atoms with Crippen molar-refractivity contribution in [1.29, 1.82) is 0 Å². The molecule has 3 rings (SSSR count). The fraction of sp³-hybridized carbons (Fsp3) is 0.158. The molecule has 0 saturated heterocycles. The number of nitrogens with zero attached hydrogens (tertiary/aromatic N) is 2. The standard InChI is InChI=1S/C19H19N3O8P2S/c23-16(12-7-3-1-4-8-12)14(11-15(31(25,26)27)32(28,29)30)18(24)21-19-20-17(22-33-19)13-9-5-2-6-10-13/h1-10,14-15H,11H2,(H2,25,26,27)(H2,28,29,30)(H,20,21,22,24). The lowest BCUT2D eigenvalue weighted by Gasteiger charge is -2.23. The summed E-state index contributed by atoms with van der Waals surface area (Å²) in [6.07, 6.45) is -1.07. The van der Waals surface area contributed by atoms with E-state index in [1.54, 1.807) is 36.4 Å². The normalized spacial score (nSPS) is 13.0. The van der Waals surface area contributed by atoms with E-state index < -0.39 is 44.6 Å². The van der Waals surface area contributed by atoms with Crippen LogP contribution in [0, 0.1) is 5.92 Å². The molecule has 0 radical (unpaired) electrons. The number of anilines is 1. The van der Waals surface area contributed by atoms with Crippen molar-refractivity contribution in [2.75, 3.05) is 5.32 Å². The Morgan fingerprint density at radius 3 is 2.00 bits per heavy atom. The molecule has 3 aromatic rings. The SMILES string of the molecule is O=C(Nc1nc(-c2ccccc2)ns1)C(CC(P(=O)(O)O)P(=O)(O)O)C(=O)c1ccccc1. The number of ketones is 1. The molecule has 2 aromatic carbocycles. The fourth-order valence-electron chi connectivity index (χ4n) is 2.99. The van der Waals surface area contributed by atoms with Crippen LogP contribution in [0.1, 0.15) is 16.8 Å². The monoisotopic (exact) mass is 511 g/mol. The second kappa shape index (κ2) is 10.1. The lowest BCUT2D eigenvalue weighted by Crippen LogP contribution is -2.33. The number of aromatic nitrogens is 2. The van der Waals surface area contributed by atoms with Crippen LogP contribution in [0.4, 0.5) is 5.13 Å². The smallest absolute Gasteiger partial charge is 0.324 e. The van der Waals surface area contributed by atoms with Gasteiger partial charge in [-0.15, -0.1) is 0 Å². The lowest BCUT2D eigenvalue weighted by molar-refractivity contribution is -0.118. The Bertz CT molecular complexity index is 1200. The van der Waals surface area contributed by atoms with Gasteiger partial charge in [-0.05, 0) is 6.42 Å². The minimum absolute atomic E-state index is 0.00799.